The molecule has 1 aliphatic heterocycles. The molecule has 0 saturated heterocycles. The number of fused-ring (bicyclic) bond motifs is 1. The summed E-state index contributed by atoms with van der Waals surface area (Å²) in [5.41, 5.74) is 2.95. The highest BCUT2D eigenvalue weighted by Gasteiger charge is 2.15. The molecule has 138 valence electrons. The van der Waals surface area contributed by atoms with Gasteiger partial charge in [0.15, 0.2) is 22.1 Å². The number of aromatic nitrogens is 3. The van der Waals surface area contributed by atoms with Crippen molar-refractivity contribution in [3.8, 4) is 22.9 Å². The van der Waals surface area contributed by atoms with Crippen LogP contribution in [0.25, 0.3) is 11.4 Å². The van der Waals surface area contributed by atoms with Gasteiger partial charge in [-0.2, -0.15) is 5.10 Å². The van der Waals surface area contributed by atoms with Crippen molar-refractivity contribution < 1.29 is 14.3 Å². The highest BCUT2D eigenvalue weighted by atomic mass is 32.1. The van der Waals surface area contributed by atoms with Crippen LogP contribution in [0, 0.1) is 11.7 Å². The summed E-state index contributed by atoms with van der Waals surface area (Å²) in [6, 6.07) is 13.5. The molecule has 1 amide bonds. The zero-order valence-electron chi connectivity index (χ0n) is 14.7. The van der Waals surface area contributed by atoms with E-state index in [1.807, 2.05) is 49.4 Å². The zero-order chi connectivity index (χ0) is 18.8. The van der Waals surface area contributed by atoms with E-state index < -0.39 is 0 Å². The van der Waals surface area contributed by atoms with E-state index in [0.29, 0.717) is 22.9 Å². The number of aryl methyl sites for hydroxylation is 1. The van der Waals surface area contributed by atoms with Crippen LogP contribution in [0.2, 0.25) is 0 Å². The molecular weight excluding hydrogens is 364 g/mol. The lowest BCUT2D eigenvalue weighted by atomic mass is 10.1. The molecule has 27 heavy (non-hydrogen) atoms. The van der Waals surface area contributed by atoms with Gasteiger partial charge in [-0.1, -0.05) is 29.8 Å². The summed E-state index contributed by atoms with van der Waals surface area (Å²) in [7, 11) is 0. The van der Waals surface area contributed by atoms with Crippen molar-refractivity contribution in [1.29, 1.82) is 0 Å². The van der Waals surface area contributed by atoms with Crippen molar-refractivity contribution in [3.05, 3.63) is 58.4 Å². The average molecular weight is 382 g/mol. The summed E-state index contributed by atoms with van der Waals surface area (Å²) < 4.78 is 12.7. The Kier molecular flexibility index (Phi) is 4.64. The van der Waals surface area contributed by atoms with Gasteiger partial charge >= 0.3 is 0 Å². The van der Waals surface area contributed by atoms with Crippen LogP contribution in [0.3, 0.4) is 0 Å². The second-order valence-corrected chi connectivity index (χ2v) is 6.66. The maximum atomic E-state index is 12.4. The second-order valence-electron chi connectivity index (χ2n) is 6.27. The SMILES string of the molecule is Cc1cccc(-c2n[nH]c(=S)n2CC(=O)NCc2ccc3c(c2)OCO3)c1. The number of H-pyrrole nitrogens is 1. The molecule has 7 nitrogen and oxygen atoms in total. The summed E-state index contributed by atoms with van der Waals surface area (Å²) in [6.45, 7) is 2.71. The quantitative estimate of drug-likeness (QED) is 0.663. The molecule has 0 saturated carbocycles. The largest absolute Gasteiger partial charge is 0.454 e. The van der Waals surface area contributed by atoms with E-state index in [2.05, 4.69) is 15.5 Å². The number of aromatic amines is 1. The first-order valence-electron chi connectivity index (χ1n) is 8.47. The monoisotopic (exact) mass is 382 g/mol. The van der Waals surface area contributed by atoms with E-state index in [-0.39, 0.29) is 19.2 Å². The molecule has 0 aliphatic carbocycles. The number of nitrogens with zero attached hydrogens (tertiary/aromatic N) is 2. The summed E-state index contributed by atoms with van der Waals surface area (Å²) in [6.07, 6.45) is 0. The van der Waals surface area contributed by atoms with Crippen LogP contribution in [0.1, 0.15) is 11.1 Å². The summed E-state index contributed by atoms with van der Waals surface area (Å²) in [4.78, 5) is 12.4. The van der Waals surface area contributed by atoms with E-state index in [9.17, 15) is 4.79 Å². The molecule has 0 fully saturated rings. The normalized spacial score (nSPS) is 12.2. The number of carbonyl (C=O) groups excluding carboxylic acids is 1. The minimum Gasteiger partial charge on any atom is -0.454 e. The Morgan fingerprint density at radius 1 is 1.26 bits per heavy atom. The molecule has 1 aromatic heterocycles. The third kappa shape index (κ3) is 3.70. The van der Waals surface area contributed by atoms with Crippen LogP contribution in [-0.4, -0.2) is 27.5 Å². The molecule has 8 heteroatoms. The highest BCUT2D eigenvalue weighted by Crippen LogP contribution is 2.32. The number of carbonyl (C=O) groups is 1. The Hall–Kier alpha value is -3.13. The number of rotatable bonds is 5. The third-order valence-electron chi connectivity index (χ3n) is 4.26. The lowest BCUT2D eigenvalue weighted by Gasteiger charge is -2.09. The first-order valence-corrected chi connectivity index (χ1v) is 8.88. The van der Waals surface area contributed by atoms with Crippen molar-refractivity contribution in [1.82, 2.24) is 20.1 Å². The minimum atomic E-state index is -0.154. The molecule has 0 radical (unpaired) electrons. The van der Waals surface area contributed by atoms with Crippen LogP contribution in [0.4, 0.5) is 0 Å². The molecule has 1 aliphatic rings. The van der Waals surface area contributed by atoms with Crippen molar-refractivity contribution in [2.24, 2.45) is 0 Å². The topological polar surface area (TPSA) is 81.2 Å². The maximum Gasteiger partial charge on any atom is 0.240 e. The van der Waals surface area contributed by atoms with Gasteiger partial charge in [0.05, 0.1) is 0 Å². The molecule has 2 heterocycles. The molecule has 0 atom stereocenters. The van der Waals surface area contributed by atoms with Gasteiger partial charge in [0.1, 0.15) is 6.54 Å². The number of nitrogens with one attached hydrogen (secondary N) is 2. The van der Waals surface area contributed by atoms with Crippen molar-refractivity contribution in [2.45, 2.75) is 20.0 Å². The van der Waals surface area contributed by atoms with E-state index in [1.54, 1.807) is 4.57 Å². The standard InChI is InChI=1S/C19H18N4O3S/c1-12-3-2-4-14(7-12)18-21-22-19(27)23(18)10-17(24)20-9-13-5-6-15-16(8-13)26-11-25-15/h2-8H,9-11H2,1H3,(H,20,24)(H,22,27). The summed E-state index contributed by atoms with van der Waals surface area (Å²) in [5.74, 6) is 1.90. The lowest BCUT2D eigenvalue weighted by Crippen LogP contribution is -2.27. The Labute approximate surface area is 160 Å². The van der Waals surface area contributed by atoms with Crippen molar-refractivity contribution >= 4 is 18.1 Å². The summed E-state index contributed by atoms with van der Waals surface area (Å²) >= 11 is 5.29. The van der Waals surface area contributed by atoms with E-state index in [0.717, 1.165) is 22.4 Å². The molecule has 2 N–H and O–H groups in total. The fourth-order valence-corrected chi connectivity index (χ4v) is 3.12. The Morgan fingerprint density at radius 2 is 2.11 bits per heavy atom. The van der Waals surface area contributed by atoms with Crippen LogP contribution in [0.5, 0.6) is 11.5 Å². The predicted molar refractivity (Wildman–Crippen MR) is 102 cm³/mol. The van der Waals surface area contributed by atoms with Gasteiger partial charge < -0.3 is 14.8 Å². The Morgan fingerprint density at radius 3 is 2.96 bits per heavy atom. The number of amides is 1. The molecule has 3 aromatic rings. The number of hydrogen-bond acceptors (Lipinski definition) is 5. The van der Waals surface area contributed by atoms with Gasteiger partial charge in [-0.25, -0.2) is 0 Å². The molecule has 0 unspecified atom stereocenters. The average Bonchev–Trinajstić information content (AvgIpc) is 3.26. The fraction of sp³-hybridized carbons (Fsp3) is 0.211. The van der Waals surface area contributed by atoms with Crippen LogP contribution < -0.4 is 14.8 Å². The second kappa shape index (κ2) is 7.24. The Bertz CT molecular complexity index is 1060. The first-order chi connectivity index (χ1) is 13.1. The van der Waals surface area contributed by atoms with Crippen LogP contribution in [0.15, 0.2) is 42.5 Å². The molecule has 2 aromatic carbocycles. The van der Waals surface area contributed by atoms with Gasteiger partial charge in [0, 0.05) is 12.1 Å². The molecule has 4 rings (SSSR count). The molecule has 0 spiro atoms. The van der Waals surface area contributed by atoms with Crippen molar-refractivity contribution in [3.63, 3.8) is 0 Å². The van der Waals surface area contributed by atoms with Gasteiger partial charge in [-0.15, -0.1) is 0 Å². The summed E-state index contributed by atoms with van der Waals surface area (Å²) in [5, 5.41) is 9.94. The van der Waals surface area contributed by atoms with Crippen LogP contribution in [-0.2, 0) is 17.9 Å². The van der Waals surface area contributed by atoms with Gasteiger partial charge in [0.25, 0.3) is 0 Å². The smallest absolute Gasteiger partial charge is 0.240 e. The van der Waals surface area contributed by atoms with Gasteiger partial charge in [-0.05, 0) is 42.9 Å². The first kappa shape index (κ1) is 17.3. The van der Waals surface area contributed by atoms with E-state index in [1.165, 1.54) is 0 Å². The fourth-order valence-electron chi connectivity index (χ4n) is 2.92. The van der Waals surface area contributed by atoms with Crippen molar-refractivity contribution in [2.75, 3.05) is 6.79 Å². The van der Waals surface area contributed by atoms with Gasteiger partial charge in [0.2, 0.25) is 12.7 Å². The molecule has 0 bridgehead atoms. The van der Waals surface area contributed by atoms with E-state index >= 15 is 0 Å². The maximum absolute atomic E-state index is 12.4. The molecular formula is C19H18N4O3S. The van der Waals surface area contributed by atoms with Crippen LogP contribution >= 0.6 is 12.2 Å². The number of ether oxygens (including phenoxy) is 2. The van der Waals surface area contributed by atoms with E-state index in [4.69, 9.17) is 21.7 Å². The Balaban J connectivity index is 1.46. The number of benzene rings is 2. The highest BCUT2D eigenvalue weighted by molar-refractivity contribution is 7.71. The lowest BCUT2D eigenvalue weighted by molar-refractivity contribution is -0.121. The zero-order valence-corrected chi connectivity index (χ0v) is 15.5. The predicted octanol–water partition coefficient (Wildman–Crippen LogP) is 2.96. The minimum absolute atomic E-state index is 0.0865. The van der Waals surface area contributed by atoms with Gasteiger partial charge in [-0.3, -0.25) is 14.5 Å². The number of hydrogen-bond donors (Lipinski definition) is 2. The third-order valence-corrected chi connectivity index (χ3v) is 4.57.